The molecule has 0 saturated heterocycles. The molecule has 2 aromatic rings. The van der Waals surface area contributed by atoms with Crippen LogP contribution < -0.4 is 10.6 Å². The number of hydrogen-bond donors (Lipinski definition) is 3. The van der Waals surface area contributed by atoms with Crippen LogP contribution in [0.3, 0.4) is 0 Å². The SMILES string of the molecule is Cc1cc(NC(=O)NCCCC(=O)O)n(Cc2ccccc2)n1. The molecule has 1 aromatic carbocycles. The highest BCUT2D eigenvalue weighted by molar-refractivity contribution is 5.88. The van der Waals surface area contributed by atoms with Crippen molar-refractivity contribution in [3.63, 3.8) is 0 Å². The van der Waals surface area contributed by atoms with Gasteiger partial charge in [-0.05, 0) is 18.9 Å². The number of carboxylic acid groups (broad SMARTS) is 1. The molecule has 0 atom stereocenters. The first-order valence-corrected chi connectivity index (χ1v) is 7.39. The van der Waals surface area contributed by atoms with E-state index in [2.05, 4.69) is 15.7 Å². The summed E-state index contributed by atoms with van der Waals surface area (Å²) in [6.07, 6.45) is 0.427. The molecule has 0 spiro atoms. The maximum atomic E-state index is 11.9. The molecule has 0 saturated carbocycles. The number of anilines is 1. The first-order valence-electron chi connectivity index (χ1n) is 7.39. The number of hydrogen-bond acceptors (Lipinski definition) is 3. The Morgan fingerprint density at radius 1 is 1.26 bits per heavy atom. The predicted molar refractivity (Wildman–Crippen MR) is 86.4 cm³/mol. The largest absolute Gasteiger partial charge is 0.481 e. The molecule has 2 amide bonds. The topological polar surface area (TPSA) is 96.3 Å². The van der Waals surface area contributed by atoms with Gasteiger partial charge in [0.15, 0.2) is 0 Å². The molecule has 0 bridgehead atoms. The van der Waals surface area contributed by atoms with Crippen molar-refractivity contribution in [1.82, 2.24) is 15.1 Å². The van der Waals surface area contributed by atoms with E-state index in [0.29, 0.717) is 25.3 Å². The summed E-state index contributed by atoms with van der Waals surface area (Å²) in [6.45, 7) is 2.73. The molecule has 0 fully saturated rings. The number of rotatable bonds is 7. The van der Waals surface area contributed by atoms with Gasteiger partial charge in [-0.15, -0.1) is 0 Å². The Balaban J connectivity index is 1.92. The predicted octanol–water partition coefficient (Wildman–Crippen LogP) is 2.23. The summed E-state index contributed by atoms with van der Waals surface area (Å²) in [5, 5.41) is 18.3. The van der Waals surface area contributed by atoms with E-state index in [4.69, 9.17) is 5.11 Å². The molecule has 0 radical (unpaired) electrons. The molecule has 7 heteroatoms. The second-order valence-electron chi connectivity index (χ2n) is 5.19. The first-order chi connectivity index (χ1) is 11.0. The number of amides is 2. The average molecular weight is 316 g/mol. The van der Waals surface area contributed by atoms with Crippen molar-refractivity contribution in [3.05, 3.63) is 47.7 Å². The molecular weight excluding hydrogens is 296 g/mol. The molecule has 1 heterocycles. The molecule has 0 aliphatic heterocycles. The summed E-state index contributed by atoms with van der Waals surface area (Å²) in [5.74, 6) is -0.272. The lowest BCUT2D eigenvalue weighted by Gasteiger charge is -2.10. The number of aryl methyl sites for hydroxylation is 1. The van der Waals surface area contributed by atoms with E-state index in [1.807, 2.05) is 37.3 Å². The van der Waals surface area contributed by atoms with E-state index in [0.717, 1.165) is 11.3 Å². The van der Waals surface area contributed by atoms with Gasteiger partial charge >= 0.3 is 12.0 Å². The van der Waals surface area contributed by atoms with Crippen molar-refractivity contribution in [1.29, 1.82) is 0 Å². The molecule has 0 unspecified atom stereocenters. The lowest BCUT2D eigenvalue weighted by atomic mass is 10.2. The van der Waals surface area contributed by atoms with Crippen LogP contribution >= 0.6 is 0 Å². The van der Waals surface area contributed by atoms with Gasteiger partial charge in [0.1, 0.15) is 5.82 Å². The zero-order chi connectivity index (χ0) is 16.7. The van der Waals surface area contributed by atoms with Crippen LogP contribution in [0, 0.1) is 6.92 Å². The van der Waals surface area contributed by atoms with Crippen molar-refractivity contribution in [2.45, 2.75) is 26.3 Å². The molecule has 2 rings (SSSR count). The third kappa shape index (κ3) is 5.46. The molecule has 0 aliphatic rings. The normalized spacial score (nSPS) is 10.3. The van der Waals surface area contributed by atoms with Gasteiger partial charge in [0.2, 0.25) is 0 Å². The Bertz CT molecular complexity index is 667. The van der Waals surface area contributed by atoms with Gasteiger partial charge in [-0.2, -0.15) is 5.10 Å². The van der Waals surface area contributed by atoms with Gasteiger partial charge in [-0.25, -0.2) is 9.48 Å². The number of carbonyl (C=O) groups excluding carboxylic acids is 1. The molecule has 0 aliphatic carbocycles. The quantitative estimate of drug-likeness (QED) is 0.682. The number of nitrogens with one attached hydrogen (secondary N) is 2. The zero-order valence-corrected chi connectivity index (χ0v) is 13.0. The van der Waals surface area contributed by atoms with Gasteiger partial charge in [0.25, 0.3) is 0 Å². The van der Waals surface area contributed by atoms with Crippen LogP contribution in [0.25, 0.3) is 0 Å². The molecule has 1 aromatic heterocycles. The van der Waals surface area contributed by atoms with Crippen molar-refractivity contribution in [2.75, 3.05) is 11.9 Å². The fourth-order valence-corrected chi connectivity index (χ4v) is 2.13. The highest BCUT2D eigenvalue weighted by Crippen LogP contribution is 2.12. The van der Waals surface area contributed by atoms with Gasteiger partial charge in [-0.1, -0.05) is 30.3 Å². The summed E-state index contributed by atoms with van der Waals surface area (Å²) in [5.41, 5.74) is 1.89. The van der Waals surface area contributed by atoms with Gasteiger partial charge < -0.3 is 10.4 Å². The Kier molecular flexibility index (Phi) is 5.74. The minimum absolute atomic E-state index is 0.0331. The van der Waals surface area contributed by atoms with E-state index in [9.17, 15) is 9.59 Å². The Morgan fingerprint density at radius 3 is 2.70 bits per heavy atom. The summed E-state index contributed by atoms with van der Waals surface area (Å²) in [6, 6.07) is 11.3. The van der Waals surface area contributed by atoms with E-state index < -0.39 is 5.97 Å². The monoisotopic (exact) mass is 316 g/mol. The fraction of sp³-hybridized carbons (Fsp3) is 0.312. The summed E-state index contributed by atoms with van der Waals surface area (Å²) >= 11 is 0. The first kappa shape index (κ1) is 16.5. The van der Waals surface area contributed by atoms with Crippen LogP contribution in [0.1, 0.15) is 24.1 Å². The standard InChI is InChI=1S/C16H20N4O3/c1-12-10-14(18-16(23)17-9-5-8-15(21)22)20(19-12)11-13-6-3-2-4-7-13/h2-4,6-7,10H,5,8-9,11H2,1H3,(H,21,22)(H2,17,18,23). The van der Waals surface area contributed by atoms with Crippen LogP contribution in [-0.4, -0.2) is 33.4 Å². The highest BCUT2D eigenvalue weighted by Gasteiger charge is 2.09. The van der Waals surface area contributed by atoms with Crippen molar-refractivity contribution in [3.8, 4) is 0 Å². The lowest BCUT2D eigenvalue weighted by molar-refractivity contribution is -0.137. The summed E-state index contributed by atoms with van der Waals surface area (Å²) in [7, 11) is 0. The third-order valence-electron chi connectivity index (χ3n) is 3.17. The molecule has 23 heavy (non-hydrogen) atoms. The number of carboxylic acids is 1. The van der Waals surface area contributed by atoms with E-state index in [-0.39, 0.29) is 12.5 Å². The second-order valence-corrected chi connectivity index (χ2v) is 5.19. The minimum atomic E-state index is -0.872. The summed E-state index contributed by atoms with van der Waals surface area (Å²) in [4.78, 5) is 22.3. The maximum absolute atomic E-state index is 11.9. The minimum Gasteiger partial charge on any atom is -0.481 e. The van der Waals surface area contributed by atoms with Crippen molar-refractivity contribution < 1.29 is 14.7 Å². The van der Waals surface area contributed by atoms with Crippen molar-refractivity contribution in [2.24, 2.45) is 0 Å². The van der Waals surface area contributed by atoms with E-state index in [1.165, 1.54) is 0 Å². The molecular formula is C16H20N4O3. The fourth-order valence-electron chi connectivity index (χ4n) is 2.13. The van der Waals surface area contributed by atoms with Gasteiger partial charge in [0.05, 0.1) is 12.2 Å². The highest BCUT2D eigenvalue weighted by atomic mass is 16.4. The molecule has 122 valence electrons. The van der Waals surface area contributed by atoms with Crippen LogP contribution in [0.5, 0.6) is 0 Å². The number of nitrogens with zero attached hydrogens (tertiary/aromatic N) is 2. The lowest BCUT2D eigenvalue weighted by Crippen LogP contribution is -2.30. The van der Waals surface area contributed by atoms with Gasteiger partial charge in [-0.3, -0.25) is 10.1 Å². The van der Waals surface area contributed by atoms with Crippen LogP contribution in [0.2, 0.25) is 0 Å². The van der Waals surface area contributed by atoms with Crippen LogP contribution in [-0.2, 0) is 11.3 Å². The van der Waals surface area contributed by atoms with Crippen LogP contribution in [0.4, 0.5) is 10.6 Å². The number of benzene rings is 1. The van der Waals surface area contributed by atoms with Crippen LogP contribution in [0.15, 0.2) is 36.4 Å². The van der Waals surface area contributed by atoms with E-state index >= 15 is 0 Å². The van der Waals surface area contributed by atoms with Gasteiger partial charge in [0, 0.05) is 19.0 Å². The molecule has 3 N–H and O–H groups in total. The van der Waals surface area contributed by atoms with E-state index in [1.54, 1.807) is 10.7 Å². The number of aliphatic carboxylic acids is 1. The number of aromatic nitrogens is 2. The Hall–Kier alpha value is -2.83. The number of carbonyl (C=O) groups is 2. The average Bonchev–Trinajstić information content (AvgIpc) is 2.84. The number of urea groups is 1. The Morgan fingerprint density at radius 2 is 2.00 bits per heavy atom. The Labute approximate surface area is 134 Å². The summed E-state index contributed by atoms with van der Waals surface area (Å²) < 4.78 is 1.72. The maximum Gasteiger partial charge on any atom is 0.320 e. The third-order valence-corrected chi connectivity index (χ3v) is 3.17. The smallest absolute Gasteiger partial charge is 0.320 e. The molecule has 7 nitrogen and oxygen atoms in total. The zero-order valence-electron chi connectivity index (χ0n) is 13.0. The second kappa shape index (κ2) is 7.98. The van der Waals surface area contributed by atoms with Crippen molar-refractivity contribution >= 4 is 17.8 Å².